The van der Waals surface area contributed by atoms with Crippen LogP contribution in [-0.2, 0) is 6.42 Å². The lowest BCUT2D eigenvalue weighted by Gasteiger charge is -2.38. The van der Waals surface area contributed by atoms with E-state index in [4.69, 9.17) is 9.26 Å². The average molecular weight is 474 g/mol. The van der Waals surface area contributed by atoms with Crippen molar-refractivity contribution in [2.45, 2.75) is 57.9 Å². The summed E-state index contributed by atoms with van der Waals surface area (Å²) in [5.74, 6) is 1.29. The third-order valence-electron chi connectivity index (χ3n) is 6.43. The number of likely N-dealkylation sites (tertiary alicyclic amines) is 1. The number of nitrogens with zero attached hydrogens (tertiary/aromatic N) is 4. The van der Waals surface area contributed by atoms with Crippen molar-refractivity contribution in [3.63, 3.8) is 0 Å². The van der Waals surface area contributed by atoms with Crippen molar-refractivity contribution in [1.82, 2.24) is 20.4 Å². The van der Waals surface area contributed by atoms with E-state index in [1.54, 1.807) is 18.2 Å². The first-order chi connectivity index (χ1) is 16.9. The number of nitrogens with one attached hydrogen (secondary N) is 1. The van der Waals surface area contributed by atoms with E-state index in [-0.39, 0.29) is 18.2 Å². The Labute approximate surface area is 203 Å². The molecular formula is C26H27N5O4. The summed E-state index contributed by atoms with van der Waals surface area (Å²) in [7, 11) is 0. The summed E-state index contributed by atoms with van der Waals surface area (Å²) in [4.78, 5) is 18.6. The first-order valence-corrected chi connectivity index (χ1v) is 11.9. The molecule has 2 N–H and O–H groups in total. The van der Waals surface area contributed by atoms with Crippen LogP contribution in [0.2, 0.25) is 0 Å². The van der Waals surface area contributed by atoms with E-state index >= 15 is 0 Å². The number of carbonyl (C=O) groups excluding carboxylic acids is 1. The smallest absolute Gasteiger partial charge is 0.319 e. The fourth-order valence-electron chi connectivity index (χ4n) is 4.61. The highest BCUT2D eigenvalue weighted by molar-refractivity contribution is 5.76. The lowest BCUT2D eigenvalue weighted by molar-refractivity contribution is -0.0419. The quantitative estimate of drug-likeness (QED) is 0.570. The van der Waals surface area contributed by atoms with Gasteiger partial charge in [0.2, 0.25) is 5.82 Å². The van der Waals surface area contributed by atoms with Crippen LogP contribution in [0.25, 0.3) is 22.8 Å². The summed E-state index contributed by atoms with van der Waals surface area (Å²) in [6.45, 7) is 4.38. The molecule has 1 aliphatic carbocycles. The van der Waals surface area contributed by atoms with Crippen molar-refractivity contribution in [2.24, 2.45) is 0 Å². The number of amides is 2. The molecule has 1 fully saturated rings. The summed E-state index contributed by atoms with van der Waals surface area (Å²) in [6.07, 6.45) is 2.44. The second kappa shape index (κ2) is 9.39. The van der Waals surface area contributed by atoms with Gasteiger partial charge in [-0.25, -0.2) is 4.79 Å². The third-order valence-corrected chi connectivity index (χ3v) is 6.43. The molecule has 2 aliphatic rings. The number of carbonyl (C=O) groups is 1. The Morgan fingerprint density at radius 3 is 2.89 bits per heavy atom. The molecule has 2 amide bonds. The summed E-state index contributed by atoms with van der Waals surface area (Å²) < 4.78 is 11.3. The van der Waals surface area contributed by atoms with Gasteiger partial charge in [0.05, 0.1) is 17.7 Å². The second-order valence-electron chi connectivity index (χ2n) is 9.14. The van der Waals surface area contributed by atoms with Crippen molar-refractivity contribution in [1.29, 1.82) is 5.26 Å². The molecule has 0 spiro atoms. The largest absolute Gasteiger partial charge is 0.490 e. The van der Waals surface area contributed by atoms with Gasteiger partial charge in [-0.15, -0.1) is 0 Å². The van der Waals surface area contributed by atoms with Crippen molar-refractivity contribution in [3.8, 4) is 34.7 Å². The zero-order chi connectivity index (χ0) is 24.5. The molecule has 2 aromatic carbocycles. The zero-order valence-electron chi connectivity index (χ0n) is 19.7. The Balaban J connectivity index is 1.41. The van der Waals surface area contributed by atoms with Crippen LogP contribution in [0.3, 0.4) is 0 Å². The molecule has 0 radical (unpaired) electrons. The number of nitriles is 1. The van der Waals surface area contributed by atoms with Gasteiger partial charge >= 0.3 is 6.03 Å². The third kappa shape index (κ3) is 4.45. The Kier molecular flexibility index (Phi) is 6.14. The fourth-order valence-corrected chi connectivity index (χ4v) is 4.61. The second-order valence-corrected chi connectivity index (χ2v) is 9.14. The van der Waals surface area contributed by atoms with Gasteiger partial charge in [0, 0.05) is 24.1 Å². The van der Waals surface area contributed by atoms with Crippen molar-refractivity contribution < 1.29 is 19.2 Å². The van der Waals surface area contributed by atoms with E-state index in [2.05, 4.69) is 21.5 Å². The van der Waals surface area contributed by atoms with Crippen LogP contribution in [0.5, 0.6) is 5.75 Å². The molecule has 3 aromatic rings. The van der Waals surface area contributed by atoms with Crippen molar-refractivity contribution >= 4 is 6.03 Å². The minimum Gasteiger partial charge on any atom is -0.490 e. The molecule has 35 heavy (non-hydrogen) atoms. The van der Waals surface area contributed by atoms with Gasteiger partial charge in [0.25, 0.3) is 5.89 Å². The molecule has 9 heteroatoms. The van der Waals surface area contributed by atoms with Crippen LogP contribution >= 0.6 is 0 Å². The number of fused-ring (bicyclic) bond motifs is 1. The first kappa shape index (κ1) is 22.9. The standard InChI is InChI=1S/C26H27N5O4/c1-15(2)34-22-10-9-16(13-17(22)14-27)25-29-24(30-35-25)20-7-3-6-19-18(20)5-4-8-21(19)28-26(33)31-12-11-23(31)32/h3,6-7,9-10,13,15,21,23,32H,4-5,8,11-12H2,1-2H3,(H,28,33)/t21-,23?/m0/s1. The molecule has 5 rings (SSSR count). The van der Waals surface area contributed by atoms with Crippen LogP contribution in [-0.4, -0.2) is 45.1 Å². The van der Waals surface area contributed by atoms with Crippen LogP contribution in [0.15, 0.2) is 40.9 Å². The van der Waals surface area contributed by atoms with Gasteiger partial charge in [0.15, 0.2) is 0 Å². The molecule has 1 unspecified atom stereocenters. The number of aliphatic hydroxyl groups is 1. The van der Waals surface area contributed by atoms with Gasteiger partial charge in [0.1, 0.15) is 18.0 Å². The Bertz CT molecular complexity index is 1300. The van der Waals surface area contributed by atoms with E-state index in [1.807, 2.05) is 32.0 Å². The molecule has 1 aliphatic heterocycles. The first-order valence-electron chi connectivity index (χ1n) is 11.9. The predicted molar refractivity (Wildman–Crippen MR) is 127 cm³/mol. The van der Waals surface area contributed by atoms with E-state index in [9.17, 15) is 15.2 Å². The summed E-state index contributed by atoms with van der Waals surface area (Å²) in [5.41, 5.74) is 4.02. The molecule has 180 valence electrons. The molecule has 0 saturated carbocycles. The lowest BCUT2D eigenvalue weighted by Crippen LogP contribution is -2.55. The summed E-state index contributed by atoms with van der Waals surface area (Å²) in [6, 6.07) is 12.9. The Hall–Kier alpha value is -3.90. The van der Waals surface area contributed by atoms with E-state index in [0.717, 1.165) is 36.0 Å². The molecule has 1 aromatic heterocycles. The number of aliphatic hydroxyl groups excluding tert-OH is 1. The van der Waals surface area contributed by atoms with Gasteiger partial charge < -0.3 is 19.7 Å². The zero-order valence-corrected chi connectivity index (χ0v) is 19.7. The predicted octanol–water partition coefficient (Wildman–Crippen LogP) is 4.17. The monoisotopic (exact) mass is 473 g/mol. The number of hydrogen-bond donors (Lipinski definition) is 2. The number of urea groups is 1. The van der Waals surface area contributed by atoms with Gasteiger partial charge in [-0.05, 0) is 62.4 Å². The Morgan fingerprint density at radius 2 is 2.17 bits per heavy atom. The number of benzene rings is 2. The van der Waals surface area contributed by atoms with Gasteiger partial charge in [-0.3, -0.25) is 4.90 Å². The number of aromatic nitrogens is 2. The van der Waals surface area contributed by atoms with Gasteiger partial charge in [-0.1, -0.05) is 23.4 Å². The highest BCUT2D eigenvalue weighted by Gasteiger charge is 2.33. The van der Waals surface area contributed by atoms with Crippen LogP contribution in [0.1, 0.15) is 55.8 Å². The van der Waals surface area contributed by atoms with Gasteiger partial charge in [-0.2, -0.15) is 10.2 Å². The van der Waals surface area contributed by atoms with E-state index < -0.39 is 6.23 Å². The number of hydrogen-bond acceptors (Lipinski definition) is 7. The van der Waals surface area contributed by atoms with Crippen molar-refractivity contribution in [2.75, 3.05) is 6.54 Å². The summed E-state index contributed by atoms with van der Waals surface area (Å²) in [5, 5.41) is 26.6. The normalized spacial score (nSPS) is 19.0. The lowest BCUT2D eigenvalue weighted by atomic mass is 9.84. The molecule has 9 nitrogen and oxygen atoms in total. The van der Waals surface area contributed by atoms with Crippen LogP contribution < -0.4 is 10.1 Å². The maximum absolute atomic E-state index is 12.5. The number of rotatable bonds is 5. The summed E-state index contributed by atoms with van der Waals surface area (Å²) >= 11 is 0. The maximum Gasteiger partial charge on any atom is 0.319 e. The Morgan fingerprint density at radius 1 is 1.31 bits per heavy atom. The highest BCUT2D eigenvalue weighted by Crippen LogP contribution is 2.36. The van der Waals surface area contributed by atoms with Crippen LogP contribution in [0, 0.1) is 11.3 Å². The topological polar surface area (TPSA) is 125 Å². The van der Waals surface area contributed by atoms with E-state index in [1.165, 1.54) is 4.90 Å². The number of ether oxygens (including phenoxy) is 1. The van der Waals surface area contributed by atoms with Crippen molar-refractivity contribution in [3.05, 3.63) is 53.1 Å². The highest BCUT2D eigenvalue weighted by atomic mass is 16.5. The SMILES string of the molecule is CC(C)Oc1ccc(-c2nc(-c3cccc4c3CCC[C@@H]4NC(=O)N3CCC3O)no2)cc1C#N. The average Bonchev–Trinajstić information content (AvgIpc) is 3.33. The minimum absolute atomic E-state index is 0.0446. The molecule has 0 bridgehead atoms. The van der Waals surface area contributed by atoms with E-state index in [0.29, 0.717) is 41.6 Å². The minimum atomic E-state index is -0.699. The molecule has 1 saturated heterocycles. The van der Waals surface area contributed by atoms with Crippen LogP contribution in [0.4, 0.5) is 4.79 Å². The molecular weight excluding hydrogens is 446 g/mol. The molecule has 2 atom stereocenters. The fraction of sp³-hybridized carbons (Fsp3) is 0.385. The maximum atomic E-state index is 12.5. The molecule has 2 heterocycles.